The number of hydrogen-bond acceptors (Lipinski definition) is 2. The van der Waals surface area contributed by atoms with Crippen molar-refractivity contribution in [2.45, 2.75) is 19.5 Å². The average molecular weight is 242 g/mol. The summed E-state index contributed by atoms with van der Waals surface area (Å²) in [7, 11) is 0. The Bertz CT molecular complexity index is 395. The summed E-state index contributed by atoms with van der Waals surface area (Å²) in [5.74, 6) is 0. The predicted octanol–water partition coefficient (Wildman–Crippen LogP) is 1.00. The lowest BCUT2D eigenvalue weighted by atomic mass is 9.97. The molecule has 5 heteroatoms. The van der Waals surface area contributed by atoms with E-state index >= 15 is 0 Å². The third-order valence-corrected chi connectivity index (χ3v) is 2.83. The number of nitrogens with two attached hydrogens (primary N) is 2. The van der Waals surface area contributed by atoms with Crippen LogP contribution in [0.5, 0.6) is 0 Å². The normalized spacial score (nSPS) is 13.9. The largest absolute Gasteiger partial charge is 0.351 e. The number of carbonyl (C=O) groups excluding carboxylic acids is 1. The minimum Gasteiger partial charge on any atom is -0.351 e. The first kappa shape index (κ1) is 12.8. The van der Waals surface area contributed by atoms with Gasteiger partial charge in [0.15, 0.2) is 0 Å². The monoisotopic (exact) mass is 241 g/mol. The van der Waals surface area contributed by atoms with E-state index in [0.717, 1.165) is 12.0 Å². The third kappa shape index (κ3) is 2.46. The number of amides is 2. The molecule has 0 bridgehead atoms. The van der Waals surface area contributed by atoms with Gasteiger partial charge >= 0.3 is 6.03 Å². The van der Waals surface area contributed by atoms with Crippen LogP contribution in [0.15, 0.2) is 18.2 Å². The van der Waals surface area contributed by atoms with Gasteiger partial charge in [-0.15, -0.1) is 12.4 Å². The zero-order valence-corrected chi connectivity index (χ0v) is 9.80. The average Bonchev–Trinajstić information content (AvgIpc) is 2.27. The highest BCUT2D eigenvalue weighted by Crippen LogP contribution is 2.19. The zero-order chi connectivity index (χ0) is 10.8. The molecule has 0 aliphatic carbocycles. The van der Waals surface area contributed by atoms with Crippen LogP contribution >= 0.6 is 12.4 Å². The molecular weight excluding hydrogens is 226 g/mol. The first-order chi connectivity index (χ1) is 7.20. The summed E-state index contributed by atoms with van der Waals surface area (Å²) in [5.41, 5.74) is 14.4. The molecule has 16 heavy (non-hydrogen) atoms. The van der Waals surface area contributed by atoms with Crippen LogP contribution in [0.25, 0.3) is 0 Å². The molecule has 0 aromatic heterocycles. The number of urea groups is 1. The number of primary amides is 1. The highest BCUT2D eigenvalue weighted by atomic mass is 35.5. The molecular formula is C11H16ClN3O. The quantitative estimate of drug-likeness (QED) is 0.770. The van der Waals surface area contributed by atoms with Gasteiger partial charge in [-0.3, -0.25) is 0 Å². The van der Waals surface area contributed by atoms with Gasteiger partial charge < -0.3 is 16.4 Å². The van der Waals surface area contributed by atoms with E-state index in [4.69, 9.17) is 11.5 Å². The standard InChI is InChI=1S/C11H15N3O.ClH/c12-6-8-1-2-9-3-4-14(11(13)15)7-10(9)5-8;/h1-2,5H,3-4,6-7,12H2,(H2,13,15);1H. The van der Waals surface area contributed by atoms with Crippen molar-refractivity contribution < 1.29 is 4.79 Å². The number of benzene rings is 1. The summed E-state index contributed by atoms with van der Waals surface area (Å²) in [5, 5.41) is 0. The van der Waals surface area contributed by atoms with Crippen LogP contribution in [-0.2, 0) is 19.5 Å². The Hall–Kier alpha value is -1.26. The summed E-state index contributed by atoms with van der Waals surface area (Å²) in [6.07, 6.45) is 0.878. The van der Waals surface area contributed by atoms with E-state index in [1.165, 1.54) is 11.1 Å². The molecule has 1 aromatic carbocycles. The van der Waals surface area contributed by atoms with Crippen LogP contribution in [0.3, 0.4) is 0 Å². The SMILES string of the molecule is Cl.NCc1ccc2c(c1)CN(C(N)=O)CC2. The van der Waals surface area contributed by atoms with Gasteiger partial charge in [-0.05, 0) is 23.1 Å². The molecule has 0 saturated carbocycles. The van der Waals surface area contributed by atoms with E-state index in [2.05, 4.69) is 12.1 Å². The van der Waals surface area contributed by atoms with Crippen molar-refractivity contribution in [2.75, 3.05) is 6.54 Å². The van der Waals surface area contributed by atoms with Crippen LogP contribution in [-0.4, -0.2) is 17.5 Å². The summed E-state index contributed by atoms with van der Waals surface area (Å²) < 4.78 is 0. The molecule has 2 rings (SSSR count). The van der Waals surface area contributed by atoms with Crippen molar-refractivity contribution in [1.82, 2.24) is 4.90 Å². The van der Waals surface area contributed by atoms with Crippen LogP contribution in [0.2, 0.25) is 0 Å². The van der Waals surface area contributed by atoms with Crippen molar-refractivity contribution in [3.63, 3.8) is 0 Å². The van der Waals surface area contributed by atoms with Gasteiger partial charge in [-0.2, -0.15) is 0 Å². The molecule has 0 fully saturated rings. The van der Waals surface area contributed by atoms with Gasteiger partial charge in [-0.25, -0.2) is 4.79 Å². The van der Waals surface area contributed by atoms with Crippen LogP contribution < -0.4 is 11.5 Å². The molecule has 1 heterocycles. The van der Waals surface area contributed by atoms with Crippen LogP contribution in [0.4, 0.5) is 4.79 Å². The minimum absolute atomic E-state index is 0. The fourth-order valence-electron chi connectivity index (χ4n) is 1.93. The molecule has 1 aliphatic rings. The van der Waals surface area contributed by atoms with Crippen molar-refractivity contribution in [3.05, 3.63) is 34.9 Å². The fourth-order valence-corrected chi connectivity index (χ4v) is 1.93. The van der Waals surface area contributed by atoms with Crippen molar-refractivity contribution in [3.8, 4) is 0 Å². The summed E-state index contributed by atoms with van der Waals surface area (Å²) in [6, 6.07) is 5.85. The zero-order valence-electron chi connectivity index (χ0n) is 8.98. The Morgan fingerprint density at radius 3 is 2.75 bits per heavy atom. The van der Waals surface area contributed by atoms with E-state index in [1.807, 2.05) is 6.07 Å². The molecule has 2 amide bonds. The Kier molecular flexibility index (Phi) is 4.15. The number of carbonyl (C=O) groups is 1. The van der Waals surface area contributed by atoms with E-state index < -0.39 is 0 Å². The third-order valence-electron chi connectivity index (χ3n) is 2.83. The van der Waals surface area contributed by atoms with E-state index in [9.17, 15) is 4.79 Å². The number of rotatable bonds is 1. The second kappa shape index (κ2) is 5.18. The summed E-state index contributed by atoms with van der Waals surface area (Å²) in [4.78, 5) is 12.7. The summed E-state index contributed by atoms with van der Waals surface area (Å²) in [6.45, 7) is 1.85. The van der Waals surface area contributed by atoms with Crippen molar-refractivity contribution in [1.29, 1.82) is 0 Å². The van der Waals surface area contributed by atoms with Crippen LogP contribution in [0, 0.1) is 0 Å². The van der Waals surface area contributed by atoms with Gasteiger partial charge in [-0.1, -0.05) is 18.2 Å². The highest BCUT2D eigenvalue weighted by Gasteiger charge is 2.18. The minimum atomic E-state index is -0.348. The molecule has 4 N–H and O–H groups in total. The predicted molar refractivity (Wildman–Crippen MR) is 65.3 cm³/mol. The molecule has 1 aliphatic heterocycles. The molecule has 0 atom stereocenters. The lowest BCUT2D eigenvalue weighted by molar-refractivity contribution is 0.202. The Morgan fingerprint density at radius 2 is 2.12 bits per heavy atom. The number of fused-ring (bicyclic) bond motifs is 1. The van der Waals surface area contributed by atoms with E-state index in [-0.39, 0.29) is 18.4 Å². The van der Waals surface area contributed by atoms with E-state index in [1.54, 1.807) is 4.90 Å². The van der Waals surface area contributed by atoms with Gasteiger partial charge in [0.2, 0.25) is 0 Å². The molecule has 88 valence electrons. The van der Waals surface area contributed by atoms with Crippen molar-refractivity contribution in [2.24, 2.45) is 11.5 Å². The second-order valence-electron chi connectivity index (χ2n) is 3.82. The number of halogens is 1. The number of hydrogen-bond donors (Lipinski definition) is 2. The van der Waals surface area contributed by atoms with Gasteiger partial charge in [0.25, 0.3) is 0 Å². The Balaban J connectivity index is 0.00000128. The fraction of sp³-hybridized carbons (Fsp3) is 0.364. The van der Waals surface area contributed by atoms with Crippen LogP contribution in [0.1, 0.15) is 16.7 Å². The van der Waals surface area contributed by atoms with Gasteiger partial charge in [0, 0.05) is 19.6 Å². The lowest BCUT2D eigenvalue weighted by Gasteiger charge is -2.27. The Morgan fingerprint density at radius 1 is 1.38 bits per heavy atom. The number of nitrogens with zero attached hydrogens (tertiary/aromatic N) is 1. The molecule has 0 saturated heterocycles. The maximum Gasteiger partial charge on any atom is 0.315 e. The molecule has 4 nitrogen and oxygen atoms in total. The molecule has 0 spiro atoms. The van der Waals surface area contributed by atoms with Gasteiger partial charge in [0.1, 0.15) is 0 Å². The topological polar surface area (TPSA) is 72.3 Å². The highest BCUT2D eigenvalue weighted by molar-refractivity contribution is 5.85. The maximum atomic E-state index is 11.0. The molecule has 1 aromatic rings. The first-order valence-corrected chi connectivity index (χ1v) is 5.06. The van der Waals surface area contributed by atoms with Gasteiger partial charge in [0.05, 0.1) is 0 Å². The molecule has 0 unspecified atom stereocenters. The lowest BCUT2D eigenvalue weighted by Crippen LogP contribution is -2.39. The summed E-state index contributed by atoms with van der Waals surface area (Å²) >= 11 is 0. The smallest absolute Gasteiger partial charge is 0.315 e. The maximum absolute atomic E-state index is 11.0. The first-order valence-electron chi connectivity index (χ1n) is 5.06. The second-order valence-corrected chi connectivity index (χ2v) is 3.82. The van der Waals surface area contributed by atoms with Crippen molar-refractivity contribution >= 4 is 18.4 Å². The van der Waals surface area contributed by atoms with E-state index in [0.29, 0.717) is 19.6 Å². The Labute approximate surface area is 101 Å². The molecule has 0 radical (unpaired) electrons.